The van der Waals surface area contributed by atoms with Crippen LogP contribution < -0.4 is 15.1 Å². The Kier molecular flexibility index (Phi) is 5.09. The number of ether oxygens (including phenoxy) is 2. The van der Waals surface area contributed by atoms with Crippen LogP contribution in [0, 0.1) is 0 Å². The second-order valence-electron chi connectivity index (χ2n) is 5.44. The lowest BCUT2D eigenvalue weighted by molar-refractivity contribution is 0.104. The number of halogens is 1. The van der Waals surface area contributed by atoms with Crippen LogP contribution in [0.4, 0.5) is 0 Å². The van der Waals surface area contributed by atoms with Gasteiger partial charge in [-0.25, -0.2) is 4.79 Å². The molecule has 0 radical (unpaired) electrons. The number of hydrogen-bond acceptors (Lipinski definition) is 5. The van der Waals surface area contributed by atoms with Gasteiger partial charge in [0, 0.05) is 10.4 Å². The van der Waals surface area contributed by atoms with Gasteiger partial charge in [-0.2, -0.15) is 0 Å². The first-order valence-corrected chi connectivity index (χ1v) is 8.07. The van der Waals surface area contributed by atoms with Gasteiger partial charge in [0.15, 0.2) is 17.3 Å². The monoisotopic (exact) mass is 370 g/mol. The van der Waals surface area contributed by atoms with Crippen LogP contribution in [0.25, 0.3) is 17.0 Å². The number of fused-ring (bicyclic) bond motifs is 1. The molecular weight excluding hydrogens is 356 g/mol. The Morgan fingerprint density at radius 3 is 2.54 bits per heavy atom. The molecular formula is C20H15ClO5. The Balaban J connectivity index is 1.92. The third-order valence-electron chi connectivity index (χ3n) is 3.79. The highest BCUT2D eigenvalue weighted by molar-refractivity contribution is 6.31. The Morgan fingerprint density at radius 2 is 1.81 bits per heavy atom. The van der Waals surface area contributed by atoms with E-state index in [9.17, 15) is 9.59 Å². The van der Waals surface area contributed by atoms with Gasteiger partial charge in [-0.05, 0) is 48.0 Å². The summed E-state index contributed by atoms with van der Waals surface area (Å²) in [4.78, 5) is 24.5. The zero-order valence-electron chi connectivity index (χ0n) is 14.1. The van der Waals surface area contributed by atoms with E-state index in [-0.39, 0.29) is 5.56 Å². The van der Waals surface area contributed by atoms with Crippen LogP contribution in [0.5, 0.6) is 11.5 Å². The molecule has 3 rings (SSSR count). The summed E-state index contributed by atoms with van der Waals surface area (Å²) < 4.78 is 15.6. The lowest BCUT2D eigenvalue weighted by Gasteiger charge is -2.07. The first-order valence-electron chi connectivity index (χ1n) is 7.69. The van der Waals surface area contributed by atoms with Gasteiger partial charge in [0.1, 0.15) is 11.1 Å². The van der Waals surface area contributed by atoms with Crippen LogP contribution in [0.1, 0.15) is 15.9 Å². The summed E-state index contributed by atoms with van der Waals surface area (Å²) in [5.41, 5.74) is 0.349. The fourth-order valence-corrected chi connectivity index (χ4v) is 2.66. The largest absolute Gasteiger partial charge is 0.493 e. The van der Waals surface area contributed by atoms with Gasteiger partial charge >= 0.3 is 5.63 Å². The van der Waals surface area contributed by atoms with Crippen molar-refractivity contribution < 1.29 is 18.7 Å². The number of rotatable bonds is 5. The highest BCUT2D eigenvalue weighted by Crippen LogP contribution is 2.28. The second kappa shape index (κ2) is 7.45. The molecule has 0 spiro atoms. The molecule has 0 N–H and O–H groups in total. The van der Waals surface area contributed by atoms with Crippen molar-refractivity contribution in [3.63, 3.8) is 0 Å². The zero-order valence-corrected chi connectivity index (χ0v) is 14.9. The molecule has 0 saturated carbocycles. The molecule has 0 atom stereocenters. The molecule has 0 fully saturated rings. The van der Waals surface area contributed by atoms with Gasteiger partial charge in [0.2, 0.25) is 0 Å². The molecule has 0 aliphatic heterocycles. The van der Waals surface area contributed by atoms with E-state index >= 15 is 0 Å². The normalized spacial score (nSPS) is 11.0. The average Bonchev–Trinajstić information content (AvgIpc) is 2.65. The number of allylic oxidation sites excluding steroid dienone is 1. The minimum absolute atomic E-state index is 0.0588. The summed E-state index contributed by atoms with van der Waals surface area (Å²) in [6, 6.07) is 11.6. The minimum atomic E-state index is -0.693. The maximum Gasteiger partial charge on any atom is 0.347 e. The van der Waals surface area contributed by atoms with Crippen molar-refractivity contribution in [1.29, 1.82) is 0 Å². The van der Waals surface area contributed by atoms with E-state index in [1.165, 1.54) is 19.3 Å². The quantitative estimate of drug-likeness (QED) is 0.379. The van der Waals surface area contributed by atoms with Crippen LogP contribution in [0.2, 0.25) is 5.02 Å². The van der Waals surface area contributed by atoms with E-state index in [2.05, 4.69) is 0 Å². The summed E-state index contributed by atoms with van der Waals surface area (Å²) in [5, 5.41) is 1.07. The number of ketones is 1. The summed E-state index contributed by atoms with van der Waals surface area (Å²) in [6.07, 6.45) is 2.90. The van der Waals surface area contributed by atoms with E-state index in [0.717, 1.165) is 5.56 Å². The fourth-order valence-electron chi connectivity index (χ4n) is 2.48. The first kappa shape index (κ1) is 17.8. The first-order chi connectivity index (χ1) is 12.5. The van der Waals surface area contributed by atoms with Gasteiger partial charge in [-0.15, -0.1) is 0 Å². The summed E-state index contributed by atoms with van der Waals surface area (Å²) in [5.74, 6) is 0.667. The lowest BCUT2D eigenvalue weighted by atomic mass is 10.1. The molecule has 5 nitrogen and oxygen atoms in total. The number of hydrogen-bond donors (Lipinski definition) is 0. The van der Waals surface area contributed by atoms with Crippen LogP contribution in [0.3, 0.4) is 0 Å². The van der Waals surface area contributed by atoms with Crippen LogP contribution in [-0.4, -0.2) is 20.0 Å². The molecule has 0 unspecified atom stereocenters. The Labute approximate surface area is 154 Å². The highest BCUT2D eigenvalue weighted by atomic mass is 35.5. The van der Waals surface area contributed by atoms with E-state index < -0.39 is 11.4 Å². The average molecular weight is 371 g/mol. The van der Waals surface area contributed by atoms with Gasteiger partial charge < -0.3 is 13.9 Å². The van der Waals surface area contributed by atoms with Gasteiger partial charge in [-0.1, -0.05) is 23.7 Å². The van der Waals surface area contributed by atoms with Gasteiger partial charge in [0.25, 0.3) is 0 Å². The van der Waals surface area contributed by atoms with Gasteiger partial charge in [0.05, 0.1) is 14.2 Å². The molecule has 2 aromatic carbocycles. The van der Waals surface area contributed by atoms with Crippen LogP contribution in [0.15, 0.2) is 57.8 Å². The molecule has 0 saturated heterocycles. The van der Waals surface area contributed by atoms with Crippen molar-refractivity contribution in [3.05, 3.63) is 75.1 Å². The molecule has 0 amide bonds. The predicted octanol–water partition coefficient (Wildman–Crippen LogP) is 4.36. The molecule has 0 aliphatic rings. The van der Waals surface area contributed by atoms with Crippen molar-refractivity contribution in [1.82, 2.24) is 0 Å². The minimum Gasteiger partial charge on any atom is -0.493 e. The number of carbonyl (C=O) groups is 1. The topological polar surface area (TPSA) is 65.7 Å². The summed E-state index contributed by atoms with van der Waals surface area (Å²) >= 11 is 5.94. The fraction of sp³-hybridized carbons (Fsp3) is 0.100. The molecule has 26 heavy (non-hydrogen) atoms. The summed E-state index contributed by atoms with van der Waals surface area (Å²) in [7, 11) is 3.07. The second-order valence-corrected chi connectivity index (χ2v) is 5.88. The highest BCUT2D eigenvalue weighted by Gasteiger charge is 2.12. The van der Waals surface area contributed by atoms with Crippen molar-refractivity contribution in [3.8, 4) is 11.5 Å². The van der Waals surface area contributed by atoms with Crippen molar-refractivity contribution in [2.45, 2.75) is 0 Å². The van der Waals surface area contributed by atoms with Crippen LogP contribution in [-0.2, 0) is 0 Å². The zero-order chi connectivity index (χ0) is 18.7. The van der Waals surface area contributed by atoms with E-state index in [1.807, 2.05) is 0 Å². The number of benzene rings is 2. The standard InChI is InChI=1S/C20H15ClO5/c1-24-18-7-4-12(9-19(18)25-2)3-6-16(22)15-11-13-10-14(21)5-8-17(13)26-20(15)23/h3-11H,1-2H3. The maximum atomic E-state index is 12.4. The Hall–Kier alpha value is -3.05. The smallest absolute Gasteiger partial charge is 0.347 e. The Morgan fingerprint density at radius 1 is 1.04 bits per heavy atom. The van der Waals surface area contributed by atoms with E-state index in [1.54, 1.807) is 49.6 Å². The van der Waals surface area contributed by atoms with Crippen LogP contribution >= 0.6 is 11.6 Å². The van der Waals surface area contributed by atoms with Gasteiger partial charge in [-0.3, -0.25) is 4.79 Å². The van der Waals surface area contributed by atoms with Crippen molar-refractivity contribution in [2.75, 3.05) is 14.2 Å². The molecule has 6 heteroatoms. The van der Waals surface area contributed by atoms with E-state index in [0.29, 0.717) is 27.5 Å². The van der Waals surface area contributed by atoms with Crippen molar-refractivity contribution in [2.24, 2.45) is 0 Å². The third kappa shape index (κ3) is 3.63. The van der Waals surface area contributed by atoms with Crippen molar-refractivity contribution >= 4 is 34.4 Å². The third-order valence-corrected chi connectivity index (χ3v) is 4.03. The SMILES string of the molecule is COc1ccc(C=CC(=O)c2cc3cc(Cl)ccc3oc2=O)cc1OC. The molecule has 1 aromatic heterocycles. The molecule has 0 bridgehead atoms. The Bertz CT molecular complexity index is 1070. The lowest BCUT2D eigenvalue weighted by Crippen LogP contribution is -2.11. The predicted molar refractivity (Wildman–Crippen MR) is 100 cm³/mol. The molecule has 1 heterocycles. The molecule has 132 valence electrons. The summed E-state index contributed by atoms with van der Waals surface area (Å²) in [6.45, 7) is 0. The maximum absolute atomic E-state index is 12.4. The molecule has 3 aromatic rings. The van der Waals surface area contributed by atoms with E-state index in [4.69, 9.17) is 25.5 Å². The number of carbonyl (C=O) groups excluding carboxylic acids is 1. The number of methoxy groups -OCH3 is 2. The molecule has 0 aliphatic carbocycles.